The highest BCUT2D eigenvalue weighted by Gasteiger charge is 2.32. The molecule has 0 atom stereocenters. The van der Waals surface area contributed by atoms with Crippen LogP contribution in [0.4, 0.5) is 13.2 Å². The monoisotopic (exact) mass is 390 g/mol. The van der Waals surface area contributed by atoms with Crippen molar-refractivity contribution in [3.8, 4) is 12.1 Å². The van der Waals surface area contributed by atoms with Gasteiger partial charge in [-0.05, 0) is 75.1 Å². The number of benzene rings is 1. The molecule has 0 bridgehead atoms. The standard InChI is InChI=1S/C21H25F3N4/c22-21(23,24)20-10-18(14-27-5-1-16(12-25)2-6-27)9-19(11-20)15-28-7-3-17(13-26)4-8-28/h9-11,16-17H,1-8,14-15H2. The maximum Gasteiger partial charge on any atom is 0.416 e. The van der Waals surface area contributed by atoms with E-state index in [4.69, 9.17) is 10.5 Å². The van der Waals surface area contributed by atoms with E-state index in [0.29, 0.717) is 24.2 Å². The van der Waals surface area contributed by atoms with Crippen LogP contribution in [0.15, 0.2) is 18.2 Å². The molecule has 0 aliphatic carbocycles. The molecule has 0 radical (unpaired) electrons. The summed E-state index contributed by atoms with van der Waals surface area (Å²) in [4.78, 5) is 4.26. The zero-order chi connectivity index (χ0) is 20.1. The van der Waals surface area contributed by atoms with Crippen molar-refractivity contribution in [3.05, 3.63) is 34.9 Å². The van der Waals surface area contributed by atoms with Gasteiger partial charge >= 0.3 is 6.18 Å². The van der Waals surface area contributed by atoms with Crippen LogP contribution < -0.4 is 0 Å². The van der Waals surface area contributed by atoms with E-state index in [0.717, 1.165) is 51.9 Å². The fraction of sp³-hybridized carbons (Fsp3) is 0.619. The summed E-state index contributed by atoms with van der Waals surface area (Å²) in [6.45, 7) is 3.92. The molecular formula is C21H25F3N4. The second-order valence-electron chi connectivity index (χ2n) is 7.89. The highest BCUT2D eigenvalue weighted by molar-refractivity contribution is 5.32. The molecule has 4 nitrogen and oxygen atoms in total. The maximum atomic E-state index is 13.4. The predicted molar refractivity (Wildman–Crippen MR) is 98.7 cm³/mol. The lowest BCUT2D eigenvalue weighted by Crippen LogP contribution is -2.33. The van der Waals surface area contributed by atoms with Crippen molar-refractivity contribution in [3.63, 3.8) is 0 Å². The molecule has 2 aliphatic rings. The summed E-state index contributed by atoms with van der Waals surface area (Å²) >= 11 is 0. The zero-order valence-electron chi connectivity index (χ0n) is 15.9. The Labute approximate surface area is 164 Å². The van der Waals surface area contributed by atoms with Gasteiger partial charge in [-0.1, -0.05) is 6.07 Å². The lowest BCUT2D eigenvalue weighted by atomic mass is 9.96. The predicted octanol–water partition coefficient (Wildman–Crippen LogP) is 4.18. The van der Waals surface area contributed by atoms with Crippen molar-refractivity contribution < 1.29 is 13.2 Å². The third kappa shape index (κ3) is 5.47. The number of hydrogen-bond acceptors (Lipinski definition) is 4. The van der Waals surface area contributed by atoms with Crippen molar-refractivity contribution >= 4 is 0 Å². The Morgan fingerprint density at radius 2 is 1.18 bits per heavy atom. The molecule has 1 aromatic carbocycles. The van der Waals surface area contributed by atoms with Gasteiger partial charge < -0.3 is 0 Å². The Kier molecular flexibility index (Phi) is 6.59. The summed E-state index contributed by atoms with van der Waals surface area (Å²) in [7, 11) is 0. The molecule has 0 unspecified atom stereocenters. The van der Waals surface area contributed by atoms with Crippen molar-refractivity contribution in [2.75, 3.05) is 26.2 Å². The van der Waals surface area contributed by atoms with Gasteiger partial charge in [0.2, 0.25) is 0 Å². The summed E-state index contributed by atoms with van der Waals surface area (Å²) in [5, 5.41) is 18.0. The average Bonchev–Trinajstić information content (AvgIpc) is 2.68. The van der Waals surface area contributed by atoms with Crippen molar-refractivity contribution in [1.82, 2.24) is 9.80 Å². The zero-order valence-corrected chi connectivity index (χ0v) is 15.9. The molecule has 0 spiro atoms. The minimum absolute atomic E-state index is 0.0599. The third-order valence-corrected chi connectivity index (χ3v) is 5.73. The van der Waals surface area contributed by atoms with Crippen LogP contribution in [0.3, 0.4) is 0 Å². The number of likely N-dealkylation sites (tertiary alicyclic amines) is 2. The van der Waals surface area contributed by atoms with E-state index in [1.807, 2.05) is 6.07 Å². The SMILES string of the molecule is N#CC1CCN(Cc2cc(CN3CCC(C#N)CC3)cc(C(F)(F)F)c2)CC1. The molecule has 2 aliphatic heterocycles. The smallest absolute Gasteiger partial charge is 0.299 e. The second kappa shape index (κ2) is 8.94. The van der Waals surface area contributed by atoms with E-state index in [1.54, 1.807) is 0 Å². The van der Waals surface area contributed by atoms with Crippen molar-refractivity contribution in [1.29, 1.82) is 10.5 Å². The molecule has 1 aromatic rings. The molecule has 0 amide bonds. The van der Waals surface area contributed by atoms with E-state index >= 15 is 0 Å². The van der Waals surface area contributed by atoms with E-state index in [-0.39, 0.29) is 11.8 Å². The Bertz CT molecular complexity index is 692. The molecule has 0 aromatic heterocycles. The molecule has 3 rings (SSSR count). The van der Waals surface area contributed by atoms with Gasteiger partial charge in [0.1, 0.15) is 0 Å². The number of hydrogen-bond donors (Lipinski definition) is 0. The summed E-state index contributed by atoms with van der Waals surface area (Å²) < 4.78 is 40.2. The summed E-state index contributed by atoms with van der Waals surface area (Å²) in [6.07, 6.45) is -1.27. The number of halogens is 3. The van der Waals surface area contributed by atoms with Gasteiger partial charge in [0.25, 0.3) is 0 Å². The van der Waals surface area contributed by atoms with Crippen molar-refractivity contribution in [2.45, 2.75) is 44.9 Å². The minimum atomic E-state index is -4.37. The number of piperidine rings is 2. The topological polar surface area (TPSA) is 54.1 Å². The van der Waals surface area contributed by atoms with Crippen LogP contribution in [0.5, 0.6) is 0 Å². The second-order valence-corrected chi connectivity index (χ2v) is 7.89. The Morgan fingerprint density at radius 3 is 1.50 bits per heavy atom. The highest BCUT2D eigenvalue weighted by atomic mass is 19.4. The van der Waals surface area contributed by atoms with Gasteiger partial charge in [0, 0.05) is 24.9 Å². The van der Waals surface area contributed by atoms with Gasteiger partial charge in [0.05, 0.1) is 17.7 Å². The first kappa shape index (κ1) is 20.6. The normalized spacial score (nSPS) is 20.6. The molecule has 0 N–H and O–H groups in total. The highest BCUT2D eigenvalue weighted by Crippen LogP contribution is 2.32. The van der Waals surface area contributed by atoms with Crippen molar-refractivity contribution in [2.24, 2.45) is 11.8 Å². The van der Waals surface area contributed by atoms with Crippen LogP contribution >= 0.6 is 0 Å². The fourth-order valence-corrected chi connectivity index (χ4v) is 4.07. The van der Waals surface area contributed by atoms with E-state index < -0.39 is 11.7 Å². The first-order chi connectivity index (χ1) is 13.4. The molecule has 2 fully saturated rings. The maximum absolute atomic E-state index is 13.4. The molecule has 0 saturated carbocycles. The molecule has 2 heterocycles. The summed E-state index contributed by atoms with van der Waals surface area (Å²) in [6, 6.07) is 8.94. The Hall–Kier alpha value is -2.09. The fourth-order valence-electron chi connectivity index (χ4n) is 4.07. The van der Waals surface area contributed by atoms with Crippen LogP contribution in [0.2, 0.25) is 0 Å². The molecule has 7 heteroatoms. The third-order valence-electron chi connectivity index (χ3n) is 5.73. The van der Waals surface area contributed by atoms with E-state index in [2.05, 4.69) is 21.9 Å². The molecule has 2 saturated heterocycles. The Morgan fingerprint density at radius 1 is 0.786 bits per heavy atom. The number of nitriles is 2. The first-order valence-corrected chi connectivity index (χ1v) is 9.81. The molecule has 28 heavy (non-hydrogen) atoms. The summed E-state index contributed by atoms with van der Waals surface area (Å²) in [5.74, 6) is 0.120. The molecule has 150 valence electrons. The van der Waals surface area contributed by atoms with Crippen LogP contribution in [-0.4, -0.2) is 36.0 Å². The van der Waals surface area contributed by atoms with Gasteiger partial charge in [-0.2, -0.15) is 23.7 Å². The van der Waals surface area contributed by atoms with E-state index in [9.17, 15) is 13.2 Å². The van der Waals surface area contributed by atoms with Gasteiger partial charge in [-0.25, -0.2) is 0 Å². The van der Waals surface area contributed by atoms with Crippen LogP contribution in [-0.2, 0) is 19.3 Å². The van der Waals surface area contributed by atoms with Gasteiger partial charge in [-0.15, -0.1) is 0 Å². The minimum Gasteiger partial charge on any atom is -0.299 e. The quantitative estimate of drug-likeness (QED) is 0.774. The average molecular weight is 390 g/mol. The first-order valence-electron chi connectivity index (χ1n) is 9.81. The Balaban J connectivity index is 1.71. The van der Waals surface area contributed by atoms with Gasteiger partial charge in [-0.3, -0.25) is 9.80 Å². The number of nitrogens with zero attached hydrogens (tertiary/aromatic N) is 4. The van der Waals surface area contributed by atoms with Crippen LogP contribution in [0.1, 0.15) is 42.4 Å². The number of rotatable bonds is 4. The largest absolute Gasteiger partial charge is 0.416 e. The van der Waals surface area contributed by atoms with Gasteiger partial charge in [0.15, 0.2) is 0 Å². The lowest BCUT2D eigenvalue weighted by Gasteiger charge is -2.30. The summed E-state index contributed by atoms with van der Waals surface area (Å²) in [5.41, 5.74) is 0.748. The number of alkyl halides is 3. The van der Waals surface area contributed by atoms with E-state index in [1.165, 1.54) is 12.1 Å². The molecular weight excluding hydrogens is 365 g/mol. The lowest BCUT2D eigenvalue weighted by molar-refractivity contribution is -0.137. The van der Waals surface area contributed by atoms with Crippen LogP contribution in [0, 0.1) is 34.5 Å². The van der Waals surface area contributed by atoms with Crippen LogP contribution in [0.25, 0.3) is 0 Å².